The molecule has 1 aromatic carbocycles. The Hall–Kier alpha value is -3.36. The summed E-state index contributed by atoms with van der Waals surface area (Å²) in [6, 6.07) is 6.69. The largest absolute Gasteiger partial charge is 0.338 e. The second-order valence-corrected chi connectivity index (χ2v) is 7.03. The second-order valence-electron chi connectivity index (χ2n) is 7.03. The molecule has 0 atom stereocenters. The molecule has 1 aliphatic carbocycles. The number of aromatic nitrogens is 3. The number of imide groups is 1. The van der Waals surface area contributed by atoms with Crippen molar-refractivity contribution in [1.29, 1.82) is 0 Å². The Bertz CT molecular complexity index is 1020. The van der Waals surface area contributed by atoms with Crippen LogP contribution in [0.3, 0.4) is 0 Å². The highest BCUT2D eigenvalue weighted by Crippen LogP contribution is 2.30. The van der Waals surface area contributed by atoms with E-state index >= 15 is 0 Å². The molecule has 1 aliphatic heterocycles. The smallest absolute Gasteiger partial charge is 0.314 e. The SMILES string of the molecule is O=C(On1nnc2ccccc2c1=O)C1CCC(CN2C(=O)C=CC2=O)CC1. The number of rotatable bonds is 4. The predicted molar refractivity (Wildman–Crippen MR) is 96.7 cm³/mol. The summed E-state index contributed by atoms with van der Waals surface area (Å²) in [6.45, 7) is 0.363. The molecule has 2 aliphatic rings. The molecule has 9 nitrogen and oxygen atoms in total. The van der Waals surface area contributed by atoms with E-state index in [2.05, 4.69) is 10.3 Å². The van der Waals surface area contributed by atoms with Crippen LogP contribution in [0.5, 0.6) is 0 Å². The van der Waals surface area contributed by atoms with Gasteiger partial charge in [-0.25, -0.2) is 4.79 Å². The summed E-state index contributed by atoms with van der Waals surface area (Å²) in [4.78, 5) is 55.1. The third kappa shape index (κ3) is 3.42. The predicted octanol–water partition coefficient (Wildman–Crippen LogP) is 0.478. The first-order chi connectivity index (χ1) is 13.5. The lowest BCUT2D eigenvalue weighted by Crippen LogP contribution is -2.39. The molecule has 28 heavy (non-hydrogen) atoms. The van der Waals surface area contributed by atoms with Crippen LogP contribution in [-0.4, -0.2) is 44.4 Å². The summed E-state index contributed by atoms with van der Waals surface area (Å²) >= 11 is 0. The van der Waals surface area contributed by atoms with Crippen LogP contribution in [0.25, 0.3) is 10.9 Å². The summed E-state index contributed by atoms with van der Waals surface area (Å²) in [5, 5.41) is 7.87. The molecule has 0 N–H and O–H groups in total. The third-order valence-electron chi connectivity index (χ3n) is 5.24. The van der Waals surface area contributed by atoms with Crippen molar-refractivity contribution in [3.63, 3.8) is 0 Å². The van der Waals surface area contributed by atoms with Crippen molar-refractivity contribution in [2.24, 2.45) is 11.8 Å². The van der Waals surface area contributed by atoms with Gasteiger partial charge in [0, 0.05) is 18.7 Å². The number of carbonyl (C=O) groups is 3. The van der Waals surface area contributed by atoms with Gasteiger partial charge in [-0.2, -0.15) is 0 Å². The lowest BCUT2D eigenvalue weighted by atomic mass is 9.82. The fourth-order valence-electron chi connectivity index (χ4n) is 3.64. The number of hydrogen-bond donors (Lipinski definition) is 0. The first kappa shape index (κ1) is 18.0. The zero-order valence-electron chi connectivity index (χ0n) is 15.0. The van der Waals surface area contributed by atoms with Gasteiger partial charge in [0.2, 0.25) is 0 Å². The van der Waals surface area contributed by atoms with Crippen molar-refractivity contribution in [2.45, 2.75) is 25.7 Å². The lowest BCUT2D eigenvalue weighted by Gasteiger charge is -2.29. The quantitative estimate of drug-likeness (QED) is 0.558. The number of benzene rings is 1. The van der Waals surface area contributed by atoms with E-state index in [0.29, 0.717) is 48.0 Å². The monoisotopic (exact) mass is 382 g/mol. The van der Waals surface area contributed by atoms with Crippen LogP contribution in [0.15, 0.2) is 41.2 Å². The maximum Gasteiger partial charge on any atom is 0.338 e. The van der Waals surface area contributed by atoms with E-state index in [0.717, 1.165) is 0 Å². The summed E-state index contributed by atoms with van der Waals surface area (Å²) in [6.07, 6.45) is 5.04. The highest BCUT2D eigenvalue weighted by molar-refractivity contribution is 6.12. The molecule has 4 rings (SSSR count). The van der Waals surface area contributed by atoms with E-state index in [9.17, 15) is 19.2 Å². The maximum absolute atomic E-state index is 12.4. The Morgan fingerprint density at radius 3 is 2.43 bits per heavy atom. The number of hydrogen-bond acceptors (Lipinski definition) is 7. The molecule has 1 aromatic heterocycles. The standard InChI is InChI=1S/C19H18N4O5/c24-16-9-10-17(25)22(16)11-12-5-7-13(8-6-12)19(27)28-23-18(26)14-3-1-2-4-15(14)20-21-23/h1-4,9-10,12-13H,5-8,11H2. The van der Waals surface area contributed by atoms with E-state index in [1.807, 2.05) is 0 Å². The Kier molecular flexibility index (Phi) is 4.72. The van der Waals surface area contributed by atoms with E-state index in [4.69, 9.17) is 4.84 Å². The molecule has 2 amide bonds. The van der Waals surface area contributed by atoms with E-state index in [1.54, 1.807) is 24.3 Å². The molecular weight excluding hydrogens is 364 g/mol. The molecule has 0 bridgehead atoms. The lowest BCUT2D eigenvalue weighted by molar-refractivity contribution is -0.153. The Labute approximate surface area is 159 Å². The number of nitrogens with zero attached hydrogens (tertiary/aromatic N) is 4. The first-order valence-electron chi connectivity index (χ1n) is 9.13. The molecule has 144 valence electrons. The third-order valence-corrected chi connectivity index (χ3v) is 5.24. The highest BCUT2D eigenvalue weighted by Gasteiger charge is 2.32. The van der Waals surface area contributed by atoms with Crippen LogP contribution < -0.4 is 10.4 Å². The second kappa shape index (κ2) is 7.34. The van der Waals surface area contributed by atoms with Crippen LogP contribution in [0.2, 0.25) is 0 Å². The van der Waals surface area contributed by atoms with Crippen molar-refractivity contribution in [3.8, 4) is 0 Å². The van der Waals surface area contributed by atoms with Crippen molar-refractivity contribution >= 4 is 28.7 Å². The number of amides is 2. The van der Waals surface area contributed by atoms with Crippen molar-refractivity contribution < 1.29 is 19.2 Å². The van der Waals surface area contributed by atoms with Crippen LogP contribution in [0.4, 0.5) is 0 Å². The van der Waals surface area contributed by atoms with Crippen molar-refractivity contribution in [1.82, 2.24) is 20.1 Å². The van der Waals surface area contributed by atoms with Gasteiger partial charge in [0.1, 0.15) is 5.52 Å². The molecule has 0 spiro atoms. The first-order valence-corrected chi connectivity index (χ1v) is 9.13. The fourth-order valence-corrected chi connectivity index (χ4v) is 3.64. The minimum Gasteiger partial charge on any atom is -0.314 e. The molecule has 0 saturated heterocycles. The zero-order chi connectivity index (χ0) is 19.7. The van der Waals surface area contributed by atoms with Crippen LogP contribution >= 0.6 is 0 Å². The Morgan fingerprint density at radius 2 is 1.71 bits per heavy atom. The molecule has 9 heteroatoms. The molecule has 2 heterocycles. The average Bonchev–Trinajstić information content (AvgIpc) is 3.03. The van der Waals surface area contributed by atoms with Gasteiger partial charge in [-0.1, -0.05) is 12.1 Å². The van der Waals surface area contributed by atoms with E-state index in [-0.39, 0.29) is 23.7 Å². The van der Waals surface area contributed by atoms with Gasteiger partial charge in [0.05, 0.1) is 11.3 Å². The van der Waals surface area contributed by atoms with E-state index < -0.39 is 11.5 Å². The van der Waals surface area contributed by atoms with Crippen LogP contribution in [0.1, 0.15) is 25.7 Å². The van der Waals surface area contributed by atoms with Gasteiger partial charge in [-0.15, -0.1) is 5.10 Å². The van der Waals surface area contributed by atoms with E-state index in [1.165, 1.54) is 17.1 Å². The minimum absolute atomic E-state index is 0.153. The van der Waals surface area contributed by atoms with Gasteiger partial charge in [-0.05, 0) is 53.8 Å². The van der Waals surface area contributed by atoms with Crippen LogP contribution in [0, 0.1) is 11.8 Å². The summed E-state index contributed by atoms with van der Waals surface area (Å²) < 4.78 is 0. The molecule has 0 unspecified atom stereocenters. The summed E-state index contributed by atoms with van der Waals surface area (Å²) in [5.74, 6) is -1.32. The number of carbonyl (C=O) groups excluding carboxylic acids is 3. The summed E-state index contributed by atoms with van der Waals surface area (Å²) in [5.41, 5.74) is -0.105. The van der Waals surface area contributed by atoms with Gasteiger partial charge in [0.15, 0.2) is 0 Å². The van der Waals surface area contributed by atoms with Gasteiger partial charge >= 0.3 is 11.5 Å². The van der Waals surface area contributed by atoms with Gasteiger partial charge < -0.3 is 4.84 Å². The Balaban J connectivity index is 1.36. The van der Waals surface area contributed by atoms with Gasteiger partial charge in [0.25, 0.3) is 11.8 Å². The topological polar surface area (TPSA) is 111 Å². The van der Waals surface area contributed by atoms with Crippen molar-refractivity contribution in [2.75, 3.05) is 6.54 Å². The summed E-state index contributed by atoms with van der Waals surface area (Å²) in [7, 11) is 0. The average molecular weight is 382 g/mol. The molecular formula is C19H18N4O5. The molecule has 1 fully saturated rings. The molecule has 1 saturated carbocycles. The van der Waals surface area contributed by atoms with Gasteiger partial charge in [-0.3, -0.25) is 19.3 Å². The fraction of sp³-hybridized carbons (Fsp3) is 0.368. The zero-order valence-corrected chi connectivity index (χ0v) is 15.0. The van der Waals surface area contributed by atoms with Crippen molar-refractivity contribution in [3.05, 3.63) is 46.8 Å². The normalized spacial score (nSPS) is 22.1. The Morgan fingerprint density at radius 1 is 1.04 bits per heavy atom. The highest BCUT2D eigenvalue weighted by atomic mass is 16.7. The van der Waals surface area contributed by atoms with Crippen LogP contribution in [-0.2, 0) is 14.4 Å². The maximum atomic E-state index is 12.4. The number of fused-ring (bicyclic) bond motifs is 1. The minimum atomic E-state index is -0.536. The molecule has 2 aromatic rings. The molecule has 0 radical (unpaired) electrons.